The summed E-state index contributed by atoms with van der Waals surface area (Å²) in [5, 5.41) is 15.7. The van der Waals surface area contributed by atoms with Gasteiger partial charge in [-0.1, -0.05) is 50.6 Å². The Morgan fingerprint density at radius 3 is 2.52 bits per heavy atom. The predicted octanol–water partition coefficient (Wildman–Crippen LogP) is 3.11. The smallest absolute Gasteiger partial charge is 0.405 e. The van der Waals surface area contributed by atoms with Gasteiger partial charge >= 0.3 is 6.09 Å². The van der Waals surface area contributed by atoms with E-state index in [1.54, 1.807) is 0 Å². The molecule has 50 heavy (non-hydrogen) atoms. The van der Waals surface area contributed by atoms with E-state index in [4.69, 9.17) is 9.47 Å². The van der Waals surface area contributed by atoms with Crippen molar-refractivity contribution in [3.63, 3.8) is 0 Å². The Morgan fingerprint density at radius 2 is 1.84 bits per heavy atom. The molecular formula is C35H45N5O9S. The van der Waals surface area contributed by atoms with E-state index in [9.17, 15) is 32.7 Å². The predicted molar refractivity (Wildman–Crippen MR) is 183 cm³/mol. The molecule has 3 fully saturated rings. The van der Waals surface area contributed by atoms with Gasteiger partial charge in [0, 0.05) is 23.1 Å². The number of sulfonamides is 1. The van der Waals surface area contributed by atoms with Gasteiger partial charge in [-0.2, -0.15) is 0 Å². The highest BCUT2D eigenvalue weighted by atomic mass is 32.2. The number of rotatable bonds is 7. The number of methoxy groups -OCH3 is 1. The number of ether oxygens (including phenoxy) is 2. The maximum Gasteiger partial charge on any atom is 0.405 e. The van der Waals surface area contributed by atoms with Crippen molar-refractivity contribution in [3.05, 3.63) is 42.6 Å². The summed E-state index contributed by atoms with van der Waals surface area (Å²) in [6.07, 6.45) is 7.07. The zero-order valence-corrected chi connectivity index (χ0v) is 29.3. The second-order valence-corrected chi connectivity index (χ2v) is 16.2. The van der Waals surface area contributed by atoms with Crippen LogP contribution in [0, 0.1) is 17.8 Å². The average Bonchev–Trinajstić information content (AvgIpc) is 3.57. The van der Waals surface area contributed by atoms with E-state index in [1.807, 2.05) is 50.3 Å². The maximum atomic E-state index is 14.3. The molecule has 1 aromatic heterocycles. The lowest BCUT2D eigenvalue weighted by atomic mass is 9.88. The molecule has 270 valence electrons. The summed E-state index contributed by atoms with van der Waals surface area (Å²) < 4.78 is 40.0. The topological polar surface area (TPSA) is 193 Å². The van der Waals surface area contributed by atoms with Gasteiger partial charge in [-0.25, -0.2) is 18.2 Å². The first-order valence-corrected chi connectivity index (χ1v) is 18.8. The van der Waals surface area contributed by atoms with Crippen molar-refractivity contribution < 1.29 is 42.2 Å². The average molecular weight is 712 g/mol. The molecule has 0 unspecified atom stereocenters. The van der Waals surface area contributed by atoms with Crippen LogP contribution in [-0.2, 0) is 24.4 Å². The second-order valence-electron chi connectivity index (χ2n) is 14.2. The number of carbonyl (C=O) groups is 4. The van der Waals surface area contributed by atoms with E-state index in [2.05, 4.69) is 20.3 Å². The molecule has 0 spiro atoms. The fourth-order valence-corrected chi connectivity index (χ4v) is 9.05. The molecule has 3 heterocycles. The lowest BCUT2D eigenvalue weighted by molar-refractivity contribution is -0.142. The molecule has 1 saturated heterocycles. The molecule has 0 bridgehead atoms. The van der Waals surface area contributed by atoms with Gasteiger partial charge in [0.15, 0.2) is 0 Å². The quantitative estimate of drug-likeness (QED) is 0.310. The maximum absolute atomic E-state index is 14.3. The Balaban J connectivity index is 1.33. The molecule has 2 aliphatic heterocycles. The third kappa shape index (κ3) is 7.10. The minimum Gasteiger partial charge on any atom is -0.494 e. The number of carbonyl (C=O) groups excluding carboxylic acids is 3. The van der Waals surface area contributed by atoms with Gasteiger partial charge in [0.1, 0.15) is 29.5 Å². The van der Waals surface area contributed by atoms with Crippen LogP contribution in [0.2, 0.25) is 0 Å². The Hall–Kier alpha value is -4.40. The summed E-state index contributed by atoms with van der Waals surface area (Å²) in [7, 11) is -2.39. The molecule has 4 N–H and O–H groups in total. The lowest BCUT2D eigenvalue weighted by Crippen LogP contribution is -2.59. The van der Waals surface area contributed by atoms with Crippen molar-refractivity contribution in [2.75, 3.05) is 13.7 Å². The molecular weight excluding hydrogens is 666 g/mol. The van der Waals surface area contributed by atoms with Crippen molar-refractivity contribution in [1.82, 2.24) is 25.2 Å². The third-order valence-corrected chi connectivity index (χ3v) is 12.5. The van der Waals surface area contributed by atoms with Crippen molar-refractivity contribution >= 4 is 44.6 Å². The number of benzene rings is 1. The summed E-state index contributed by atoms with van der Waals surface area (Å²) in [6, 6.07) is 5.06. The van der Waals surface area contributed by atoms with Crippen molar-refractivity contribution in [2.45, 2.75) is 94.2 Å². The zero-order chi connectivity index (χ0) is 35.8. The summed E-state index contributed by atoms with van der Waals surface area (Å²) >= 11 is 0. The van der Waals surface area contributed by atoms with Gasteiger partial charge in [-0.3, -0.25) is 19.1 Å². The number of nitrogens with one attached hydrogen (secondary N) is 3. The highest BCUT2D eigenvalue weighted by Crippen LogP contribution is 2.46. The van der Waals surface area contributed by atoms with Crippen LogP contribution >= 0.6 is 0 Å². The van der Waals surface area contributed by atoms with Gasteiger partial charge < -0.3 is 30.1 Å². The minimum absolute atomic E-state index is 0.0166. The molecule has 7 atom stereocenters. The summed E-state index contributed by atoms with van der Waals surface area (Å²) in [4.78, 5) is 60.0. The Bertz CT molecular complexity index is 1800. The fraction of sp³-hybridized carbons (Fsp3) is 0.571. The van der Waals surface area contributed by atoms with Crippen LogP contribution in [0.3, 0.4) is 0 Å². The van der Waals surface area contributed by atoms with Crippen LogP contribution in [0.1, 0.15) is 65.2 Å². The number of nitrogens with zero attached hydrogens (tertiary/aromatic N) is 2. The number of aromatic nitrogens is 1. The fourth-order valence-electron chi connectivity index (χ4n) is 7.49. The van der Waals surface area contributed by atoms with Gasteiger partial charge in [-0.15, -0.1) is 0 Å². The Morgan fingerprint density at radius 1 is 1.10 bits per heavy atom. The molecule has 2 aromatic rings. The van der Waals surface area contributed by atoms with Crippen LogP contribution in [0.4, 0.5) is 4.79 Å². The molecule has 2 saturated carbocycles. The Labute approximate surface area is 291 Å². The van der Waals surface area contributed by atoms with Gasteiger partial charge in [-0.05, 0) is 56.4 Å². The van der Waals surface area contributed by atoms with E-state index >= 15 is 0 Å². The standard InChI is InChI=1S/C35H45N5O9S/c1-20-9-4-5-10-22-17-35(22,33(43)39-50(46,47)24-11-8-12-24)38-30(41)27-16-23(19-40(27)32(42)29(21(2)15-20)37-34(44)45)49-31-26-14-7-6-13-25(26)28(48-3)18-36-31/h5-7,10,13-14,18,20-24,27,29,37H,4,8-9,11-12,15-17,19H2,1-3H3,(H,38,41)(H,39,43)(H,44,45)/t20-,21+,22+,23+,27-,29-,35+/m0/s1. The molecule has 1 aromatic carbocycles. The molecule has 6 rings (SSSR count). The Kier molecular flexibility index (Phi) is 9.98. The zero-order valence-electron chi connectivity index (χ0n) is 28.5. The summed E-state index contributed by atoms with van der Waals surface area (Å²) in [5.74, 6) is -1.95. The van der Waals surface area contributed by atoms with Crippen LogP contribution in [-0.4, -0.2) is 89.9 Å². The lowest BCUT2D eigenvalue weighted by Gasteiger charge is -2.32. The van der Waals surface area contributed by atoms with Gasteiger partial charge in [0.25, 0.3) is 5.91 Å². The van der Waals surface area contributed by atoms with E-state index < -0.39 is 74.7 Å². The second kappa shape index (κ2) is 14.1. The molecule has 2 aliphatic carbocycles. The molecule has 4 amide bonds. The number of hydrogen-bond acceptors (Lipinski definition) is 9. The van der Waals surface area contributed by atoms with Gasteiger partial charge in [0.2, 0.25) is 27.7 Å². The first-order valence-electron chi connectivity index (χ1n) is 17.3. The third-order valence-electron chi connectivity index (χ3n) is 10.6. The van der Waals surface area contributed by atoms with Crippen LogP contribution in [0.25, 0.3) is 10.8 Å². The number of carboxylic acid groups (broad SMARTS) is 1. The number of pyridine rings is 1. The largest absolute Gasteiger partial charge is 0.494 e. The van der Waals surface area contributed by atoms with Crippen molar-refractivity contribution in [1.29, 1.82) is 0 Å². The van der Waals surface area contributed by atoms with Crippen LogP contribution in [0.5, 0.6) is 11.6 Å². The first-order chi connectivity index (χ1) is 23.8. The van der Waals surface area contributed by atoms with Crippen LogP contribution < -0.4 is 24.8 Å². The normalized spacial score (nSPS) is 30.5. The van der Waals surface area contributed by atoms with E-state index in [1.165, 1.54) is 18.2 Å². The number of fused-ring (bicyclic) bond motifs is 3. The molecule has 15 heteroatoms. The highest BCUT2D eigenvalue weighted by molar-refractivity contribution is 7.90. The van der Waals surface area contributed by atoms with Crippen molar-refractivity contribution in [3.8, 4) is 11.6 Å². The molecule has 4 aliphatic rings. The summed E-state index contributed by atoms with van der Waals surface area (Å²) in [5.41, 5.74) is -1.52. The number of allylic oxidation sites excluding steroid dienone is 1. The van der Waals surface area contributed by atoms with Crippen molar-refractivity contribution in [2.24, 2.45) is 17.8 Å². The number of hydrogen-bond donors (Lipinski definition) is 4. The first kappa shape index (κ1) is 35.4. The SMILES string of the molecule is COc1cnc(O[C@@H]2C[C@H]3C(=O)N[C@]4(C(=O)NS(=O)(=O)C5CCC5)C[C@H]4C=CCC[C@H](C)C[C@@H](C)[C@H](NC(=O)O)C(=O)N3C2)c2ccccc12. The van der Waals surface area contributed by atoms with E-state index in [-0.39, 0.29) is 31.2 Å². The van der Waals surface area contributed by atoms with E-state index in [0.29, 0.717) is 36.8 Å². The van der Waals surface area contributed by atoms with Crippen LogP contribution in [0.15, 0.2) is 42.6 Å². The molecule has 0 radical (unpaired) electrons. The van der Waals surface area contributed by atoms with E-state index in [0.717, 1.165) is 18.2 Å². The summed E-state index contributed by atoms with van der Waals surface area (Å²) in [6.45, 7) is 3.79. The monoisotopic (exact) mass is 711 g/mol. The molecule has 14 nitrogen and oxygen atoms in total. The minimum atomic E-state index is -3.93. The number of amides is 4. The van der Waals surface area contributed by atoms with Gasteiger partial charge in [0.05, 0.1) is 25.1 Å². The highest BCUT2D eigenvalue weighted by Gasteiger charge is 2.62.